The van der Waals surface area contributed by atoms with Crippen molar-refractivity contribution < 1.29 is 4.74 Å². The maximum absolute atomic E-state index is 5.92. The first-order chi connectivity index (χ1) is 8.95. The summed E-state index contributed by atoms with van der Waals surface area (Å²) >= 11 is 15.3. The molecule has 0 heterocycles. The van der Waals surface area contributed by atoms with E-state index in [4.69, 9.17) is 33.7 Å². The molecule has 5 heteroatoms. The van der Waals surface area contributed by atoms with Crippen molar-refractivity contribution in [3.63, 3.8) is 0 Å². The monoisotopic (exact) mass is 359 g/mol. The number of benzene rings is 2. The molecule has 1 atom stereocenters. The molecule has 0 aromatic heterocycles. The smallest absolute Gasteiger partial charge is 0.130 e. The highest BCUT2D eigenvalue weighted by atomic mass is 79.9. The standard InChI is InChI=1S/C14H12BrCl2NO/c1-8(18)13-3-2-11(7-14(13)15)19-12-5-9(16)4-10(17)6-12/h2-8H,18H2,1H3/t8-/m0/s1. The molecule has 0 saturated heterocycles. The minimum Gasteiger partial charge on any atom is -0.457 e. The van der Waals surface area contributed by atoms with Crippen molar-refractivity contribution in [3.8, 4) is 11.5 Å². The van der Waals surface area contributed by atoms with Gasteiger partial charge in [0.1, 0.15) is 11.5 Å². The number of ether oxygens (including phenoxy) is 1. The molecule has 2 rings (SSSR count). The van der Waals surface area contributed by atoms with Crippen molar-refractivity contribution in [2.24, 2.45) is 5.73 Å². The van der Waals surface area contributed by atoms with Gasteiger partial charge in [0, 0.05) is 20.6 Å². The van der Waals surface area contributed by atoms with E-state index in [0.29, 0.717) is 21.5 Å². The largest absolute Gasteiger partial charge is 0.457 e. The quantitative estimate of drug-likeness (QED) is 0.776. The van der Waals surface area contributed by atoms with Gasteiger partial charge in [-0.3, -0.25) is 0 Å². The van der Waals surface area contributed by atoms with Gasteiger partial charge in [0.15, 0.2) is 0 Å². The van der Waals surface area contributed by atoms with Gasteiger partial charge < -0.3 is 10.5 Å². The third-order valence-electron chi connectivity index (χ3n) is 2.53. The molecule has 2 aromatic carbocycles. The Labute approximate surface area is 130 Å². The fourth-order valence-electron chi connectivity index (χ4n) is 1.66. The van der Waals surface area contributed by atoms with Crippen LogP contribution in [0, 0.1) is 0 Å². The average molecular weight is 361 g/mol. The van der Waals surface area contributed by atoms with Crippen molar-refractivity contribution in [2.75, 3.05) is 0 Å². The minimum atomic E-state index is -0.0379. The van der Waals surface area contributed by atoms with Crippen LogP contribution in [0.3, 0.4) is 0 Å². The topological polar surface area (TPSA) is 35.2 Å². The second kappa shape index (κ2) is 6.14. The molecule has 0 aliphatic heterocycles. The van der Waals surface area contributed by atoms with Crippen LogP contribution in [0.2, 0.25) is 10.0 Å². The Hall–Kier alpha value is -0.740. The van der Waals surface area contributed by atoms with Gasteiger partial charge in [0.2, 0.25) is 0 Å². The SMILES string of the molecule is C[C@H](N)c1ccc(Oc2cc(Cl)cc(Cl)c2)cc1Br. The van der Waals surface area contributed by atoms with E-state index in [0.717, 1.165) is 10.0 Å². The molecule has 0 bridgehead atoms. The molecule has 2 N–H and O–H groups in total. The minimum absolute atomic E-state index is 0.0379. The van der Waals surface area contributed by atoms with Crippen LogP contribution in [-0.4, -0.2) is 0 Å². The maximum atomic E-state index is 5.92. The van der Waals surface area contributed by atoms with Crippen LogP contribution in [0.25, 0.3) is 0 Å². The summed E-state index contributed by atoms with van der Waals surface area (Å²) in [5.41, 5.74) is 6.88. The van der Waals surface area contributed by atoms with E-state index >= 15 is 0 Å². The van der Waals surface area contributed by atoms with E-state index < -0.39 is 0 Å². The first-order valence-corrected chi connectivity index (χ1v) is 7.19. The summed E-state index contributed by atoms with van der Waals surface area (Å²) in [7, 11) is 0. The summed E-state index contributed by atoms with van der Waals surface area (Å²) in [6, 6.07) is 10.7. The molecule has 0 aliphatic carbocycles. The molecule has 2 nitrogen and oxygen atoms in total. The van der Waals surface area contributed by atoms with E-state index in [1.54, 1.807) is 18.2 Å². The molecule has 0 saturated carbocycles. The second-order valence-electron chi connectivity index (χ2n) is 4.18. The van der Waals surface area contributed by atoms with Crippen LogP contribution in [0.15, 0.2) is 40.9 Å². The van der Waals surface area contributed by atoms with Gasteiger partial charge in [0.25, 0.3) is 0 Å². The summed E-state index contributed by atoms with van der Waals surface area (Å²) in [6.45, 7) is 1.93. The number of hydrogen-bond donors (Lipinski definition) is 1. The molecular formula is C14H12BrCl2NO. The van der Waals surface area contributed by atoms with Crippen molar-refractivity contribution in [1.82, 2.24) is 0 Å². The average Bonchev–Trinajstić information content (AvgIpc) is 2.26. The van der Waals surface area contributed by atoms with Crippen LogP contribution < -0.4 is 10.5 Å². The lowest BCUT2D eigenvalue weighted by Gasteiger charge is -2.11. The van der Waals surface area contributed by atoms with Crippen molar-refractivity contribution in [1.29, 1.82) is 0 Å². The zero-order valence-electron chi connectivity index (χ0n) is 10.2. The van der Waals surface area contributed by atoms with Crippen molar-refractivity contribution in [3.05, 3.63) is 56.5 Å². The number of hydrogen-bond acceptors (Lipinski definition) is 2. The normalized spacial score (nSPS) is 12.3. The van der Waals surface area contributed by atoms with Crippen molar-refractivity contribution >= 4 is 39.1 Å². The third-order valence-corrected chi connectivity index (χ3v) is 3.66. The Morgan fingerprint density at radius 2 is 1.68 bits per heavy atom. The highest BCUT2D eigenvalue weighted by Crippen LogP contribution is 2.31. The lowest BCUT2D eigenvalue weighted by Crippen LogP contribution is -2.05. The van der Waals surface area contributed by atoms with E-state index in [1.165, 1.54) is 0 Å². The molecule has 0 unspecified atom stereocenters. The summed E-state index contributed by atoms with van der Waals surface area (Å²) in [4.78, 5) is 0. The highest BCUT2D eigenvalue weighted by molar-refractivity contribution is 9.10. The molecule has 0 aliphatic rings. The van der Waals surface area contributed by atoms with Gasteiger partial charge in [0.05, 0.1) is 0 Å². The second-order valence-corrected chi connectivity index (χ2v) is 5.91. The molecule has 0 spiro atoms. The summed E-state index contributed by atoms with van der Waals surface area (Å²) < 4.78 is 6.63. The van der Waals surface area contributed by atoms with E-state index in [-0.39, 0.29) is 6.04 Å². The lowest BCUT2D eigenvalue weighted by atomic mass is 10.1. The predicted molar refractivity (Wildman–Crippen MR) is 83.3 cm³/mol. The Bertz CT molecular complexity index is 582. The van der Waals surface area contributed by atoms with Crippen LogP contribution >= 0.6 is 39.1 Å². The van der Waals surface area contributed by atoms with Crippen LogP contribution in [0.5, 0.6) is 11.5 Å². The van der Waals surface area contributed by atoms with E-state index in [1.807, 2.05) is 25.1 Å². The van der Waals surface area contributed by atoms with Crippen LogP contribution in [-0.2, 0) is 0 Å². The van der Waals surface area contributed by atoms with Crippen LogP contribution in [0.1, 0.15) is 18.5 Å². The van der Waals surface area contributed by atoms with E-state index in [2.05, 4.69) is 15.9 Å². The Kier molecular flexibility index (Phi) is 4.74. The van der Waals surface area contributed by atoms with Gasteiger partial charge >= 0.3 is 0 Å². The van der Waals surface area contributed by atoms with Gasteiger partial charge in [-0.25, -0.2) is 0 Å². The van der Waals surface area contributed by atoms with Gasteiger partial charge in [-0.15, -0.1) is 0 Å². The molecule has 0 amide bonds. The zero-order valence-corrected chi connectivity index (χ0v) is 13.3. The molecule has 0 radical (unpaired) electrons. The Morgan fingerprint density at radius 3 is 2.21 bits per heavy atom. The number of rotatable bonds is 3. The predicted octanol–water partition coefficient (Wildman–Crippen LogP) is 5.57. The molecule has 2 aromatic rings. The Balaban J connectivity index is 2.26. The summed E-state index contributed by atoms with van der Waals surface area (Å²) in [6.07, 6.45) is 0. The molecule has 19 heavy (non-hydrogen) atoms. The van der Waals surface area contributed by atoms with Gasteiger partial charge in [-0.1, -0.05) is 45.2 Å². The fourth-order valence-corrected chi connectivity index (χ4v) is 2.89. The van der Waals surface area contributed by atoms with Crippen LogP contribution in [0.4, 0.5) is 0 Å². The summed E-state index contributed by atoms with van der Waals surface area (Å²) in [5, 5.41) is 1.07. The zero-order chi connectivity index (χ0) is 14.0. The van der Waals surface area contributed by atoms with Crippen molar-refractivity contribution in [2.45, 2.75) is 13.0 Å². The number of halogens is 3. The van der Waals surface area contributed by atoms with Gasteiger partial charge in [-0.2, -0.15) is 0 Å². The van der Waals surface area contributed by atoms with Gasteiger partial charge in [-0.05, 0) is 42.8 Å². The highest BCUT2D eigenvalue weighted by Gasteiger charge is 2.07. The van der Waals surface area contributed by atoms with E-state index in [9.17, 15) is 0 Å². The fraction of sp³-hybridized carbons (Fsp3) is 0.143. The Morgan fingerprint density at radius 1 is 1.05 bits per heavy atom. The first kappa shape index (κ1) is 14.7. The molecule has 100 valence electrons. The lowest BCUT2D eigenvalue weighted by molar-refractivity contribution is 0.482. The molecule has 0 fully saturated rings. The maximum Gasteiger partial charge on any atom is 0.130 e. The summed E-state index contributed by atoms with van der Waals surface area (Å²) in [5.74, 6) is 1.28. The number of nitrogens with two attached hydrogens (primary N) is 1. The first-order valence-electron chi connectivity index (χ1n) is 5.64. The molecular weight excluding hydrogens is 349 g/mol. The third kappa shape index (κ3) is 3.86.